The predicted octanol–water partition coefficient (Wildman–Crippen LogP) is 3.71. The van der Waals surface area contributed by atoms with E-state index in [4.69, 9.17) is 0 Å². The fourth-order valence-corrected chi connectivity index (χ4v) is 8.55. The van der Waals surface area contributed by atoms with Crippen molar-refractivity contribution in [2.75, 3.05) is 0 Å². The summed E-state index contributed by atoms with van der Waals surface area (Å²) < 4.78 is 32.6. The average Bonchev–Trinajstić information content (AvgIpc) is 3.31. The van der Waals surface area contributed by atoms with Crippen LogP contribution in [0.3, 0.4) is 0 Å². The van der Waals surface area contributed by atoms with Gasteiger partial charge in [-0.25, -0.2) is 18.9 Å². The molecule has 3 N–H and O–H groups in total. The molecule has 9 heteroatoms. The van der Waals surface area contributed by atoms with Crippen LogP contribution in [0.2, 0.25) is 0 Å². The minimum absolute atomic E-state index is 0.117. The molecule has 0 radical (unpaired) electrons. The van der Waals surface area contributed by atoms with Crippen LogP contribution in [0.5, 0.6) is 0 Å². The highest BCUT2D eigenvalue weighted by Crippen LogP contribution is 2.71. The van der Waals surface area contributed by atoms with Gasteiger partial charge in [0.15, 0.2) is 5.60 Å². The molecule has 8 unspecified atom stereocenters. The molecule has 0 saturated heterocycles. The van der Waals surface area contributed by atoms with E-state index in [9.17, 15) is 24.5 Å². The highest BCUT2D eigenvalue weighted by molar-refractivity contribution is 5.80. The number of aliphatic hydroxyl groups is 2. The normalized spacial score (nSPS) is 43.1. The zero-order valence-corrected chi connectivity index (χ0v) is 20.6. The summed E-state index contributed by atoms with van der Waals surface area (Å²) in [6, 6.07) is 2.85. The first-order chi connectivity index (χ1) is 16.9. The number of carboxylic acid groups (broad SMARTS) is 1. The lowest BCUT2D eigenvalue weighted by molar-refractivity contribution is -0.231. The first-order valence-electron chi connectivity index (χ1n) is 12.6. The number of rotatable bonds is 2. The molecule has 2 aromatic heterocycles. The van der Waals surface area contributed by atoms with Crippen molar-refractivity contribution in [3.05, 3.63) is 47.3 Å². The van der Waals surface area contributed by atoms with Gasteiger partial charge in [-0.2, -0.15) is 9.49 Å². The second-order valence-corrected chi connectivity index (χ2v) is 11.8. The Morgan fingerprint density at radius 1 is 1.22 bits per heavy atom. The van der Waals surface area contributed by atoms with Crippen LogP contribution in [-0.4, -0.2) is 53.4 Å². The summed E-state index contributed by atoms with van der Waals surface area (Å²) in [5, 5.41) is 37.3. The highest BCUT2D eigenvalue weighted by Gasteiger charge is 2.76. The number of pyridine rings is 1. The van der Waals surface area contributed by atoms with E-state index >= 15 is 4.39 Å². The van der Waals surface area contributed by atoms with Crippen molar-refractivity contribution in [1.82, 2.24) is 14.8 Å². The Bertz CT molecular complexity index is 1290. The Hall–Kier alpha value is -2.65. The molecular formula is C27H31F2N3O4. The molecule has 0 aromatic carbocycles. The van der Waals surface area contributed by atoms with E-state index in [0.717, 1.165) is 16.8 Å². The zero-order chi connectivity index (χ0) is 25.8. The number of hydrogen-bond acceptors (Lipinski definition) is 5. The number of aliphatic hydroxyl groups excluding tert-OH is 1. The van der Waals surface area contributed by atoms with Crippen molar-refractivity contribution in [3.8, 4) is 5.69 Å². The summed E-state index contributed by atoms with van der Waals surface area (Å²) >= 11 is 0. The molecule has 4 aliphatic carbocycles. The summed E-state index contributed by atoms with van der Waals surface area (Å²) in [4.78, 5) is 16.0. The Morgan fingerprint density at radius 3 is 2.64 bits per heavy atom. The minimum Gasteiger partial charge on any atom is -0.479 e. The Labute approximate surface area is 207 Å². The van der Waals surface area contributed by atoms with Gasteiger partial charge in [0.25, 0.3) is 0 Å². The number of allylic oxidation sites excluding steroid dienone is 1. The molecule has 2 aromatic rings. The Morgan fingerprint density at radius 2 is 1.97 bits per heavy atom. The van der Waals surface area contributed by atoms with Crippen molar-refractivity contribution in [3.63, 3.8) is 0 Å². The fourth-order valence-electron chi connectivity index (χ4n) is 8.55. The summed E-state index contributed by atoms with van der Waals surface area (Å²) in [5.74, 6) is -3.38. The number of carbonyl (C=O) groups is 1. The van der Waals surface area contributed by atoms with E-state index in [2.05, 4.69) is 10.1 Å². The molecule has 2 heterocycles. The van der Waals surface area contributed by atoms with Gasteiger partial charge in [0.1, 0.15) is 5.67 Å². The summed E-state index contributed by atoms with van der Waals surface area (Å²) in [7, 11) is 0. The second kappa shape index (κ2) is 7.22. The van der Waals surface area contributed by atoms with Crippen LogP contribution in [0.4, 0.5) is 8.78 Å². The third-order valence-electron chi connectivity index (χ3n) is 10.4. The summed E-state index contributed by atoms with van der Waals surface area (Å²) in [6.45, 7) is 5.29. The molecule has 192 valence electrons. The van der Waals surface area contributed by atoms with E-state index in [0.29, 0.717) is 31.4 Å². The molecule has 0 amide bonds. The van der Waals surface area contributed by atoms with Crippen molar-refractivity contribution in [1.29, 1.82) is 0 Å². The first kappa shape index (κ1) is 23.7. The van der Waals surface area contributed by atoms with Crippen LogP contribution in [-0.2, 0) is 11.2 Å². The number of nitrogens with zero attached hydrogens (tertiary/aromatic N) is 3. The Balaban J connectivity index is 1.43. The molecule has 3 saturated carbocycles. The first-order valence-corrected chi connectivity index (χ1v) is 12.6. The molecule has 8 atom stereocenters. The topological polar surface area (TPSA) is 108 Å². The van der Waals surface area contributed by atoms with Gasteiger partial charge < -0.3 is 15.3 Å². The van der Waals surface area contributed by atoms with Crippen LogP contribution >= 0.6 is 0 Å². The molecule has 0 bridgehead atoms. The summed E-state index contributed by atoms with van der Waals surface area (Å²) in [5.41, 5.74) is -3.03. The molecule has 36 heavy (non-hydrogen) atoms. The van der Waals surface area contributed by atoms with Crippen molar-refractivity contribution in [2.45, 2.75) is 70.2 Å². The molecule has 6 rings (SSSR count). The van der Waals surface area contributed by atoms with E-state index < -0.39 is 52.0 Å². The lowest BCUT2D eigenvalue weighted by atomic mass is 9.44. The maximum Gasteiger partial charge on any atom is 0.336 e. The zero-order valence-electron chi connectivity index (χ0n) is 20.6. The van der Waals surface area contributed by atoms with Gasteiger partial charge in [0.2, 0.25) is 5.95 Å². The average molecular weight is 500 g/mol. The highest BCUT2D eigenvalue weighted by atomic mass is 19.1. The van der Waals surface area contributed by atoms with Gasteiger partial charge in [-0.15, -0.1) is 0 Å². The maximum atomic E-state index is 17.6. The molecule has 0 spiro atoms. The van der Waals surface area contributed by atoms with Gasteiger partial charge in [-0.05, 0) is 67.7 Å². The third kappa shape index (κ3) is 2.60. The number of fused-ring (bicyclic) bond motifs is 6. The standard InChI is InChI=1S/C27H31F2N3O4/c1-14-8-19-18-6-4-16-9-20-15(12-31-32(20)17-5-7-22(28)30-13-17)10-24(16,2)26(18,29)21(33)11-25(19,3)27(14,36)23(34)35/h5,7,9,12-14,18-19,21,33,36H,4,6,8,10-11H2,1-3H3,(H,34,35). The van der Waals surface area contributed by atoms with Gasteiger partial charge in [0.05, 0.1) is 29.9 Å². The second-order valence-electron chi connectivity index (χ2n) is 11.8. The molecule has 4 aliphatic rings. The molecule has 0 aliphatic heterocycles. The van der Waals surface area contributed by atoms with Crippen LogP contribution in [0.25, 0.3) is 11.8 Å². The quantitative estimate of drug-likeness (QED) is 0.544. The van der Waals surface area contributed by atoms with Gasteiger partial charge in [-0.1, -0.05) is 26.3 Å². The summed E-state index contributed by atoms with van der Waals surface area (Å²) in [6.07, 6.45) is 5.27. The maximum absolute atomic E-state index is 17.6. The van der Waals surface area contributed by atoms with Crippen LogP contribution in [0, 0.1) is 34.5 Å². The Kier molecular flexibility index (Phi) is 4.76. The van der Waals surface area contributed by atoms with E-state index in [-0.39, 0.29) is 12.3 Å². The molecule has 3 fully saturated rings. The minimum atomic E-state index is -2.01. The van der Waals surface area contributed by atoms with Crippen molar-refractivity contribution >= 4 is 12.0 Å². The molecule has 7 nitrogen and oxygen atoms in total. The lowest BCUT2D eigenvalue weighted by Gasteiger charge is -2.63. The largest absolute Gasteiger partial charge is 0.479 e. The number of halogens is 2. The van der Waals surface area contributed by atoms with Gasteiger partial charge >= 0.3 is 5.97 Å². The van der Waals surface area contributed by atoms with E-state index in [1.54, 1.807) is 30.8 Å². The van der Waals surface area contributed by atoms with Gasteiger partial charge in [0, 0.05) is 16.7 Å². The monoisotopic (exact) mass is 499 g/mol. The van der Waals surface area contributed by atoms with Crippen LogP contribution in [0.1, 0.15) is 57.7 Å². The van der Waals surface area contributed by atoms with Crippen LogP contribution in [0.15, 0.2) is 30.1 Å². The number of hydrogen-bond donors (Lipinski definition) is 3. The SMILES string of the molecule is CC1CC2C3CCC4=Cc5c(cnn5-c5ccc(F)nc5)CC4(C)C3(F)C(O)CC2(C)C1(O)C(=O)O. The van der Waals surface area contributed by atoms with Crippen molar-refractivity contribution in [2.24, 2.45) is 28.6 Å². The fraction of sp³-hybridized carbons (Fsp3) is 0.593. The lowest BCUT2D eigenvalue weighted by Crippen LogP contribution is -2.70. The predicted molar refractivity (Wildman–Crippen MR) is 126 cm³/mol. The van der Waals surface area contributed by atoms with Crippen molar-refractivity contribution < 1.29 is 28.9 Å². The van der Waals surface area contributed by atoms with E-state index in [1.165, 1.54) is 12.3 Å². The smallest absolute Gasteiger partial charge is 0.336 e. The van der Waals surface area contributed by atoms with E-state index in [1.807, 2.05) is 13.0 Å². The number of carboxylic acids is 1. The molecular weight excluding hydrogens is 468 g/mol. The van der Waals surface area contributed by atoms with Gasteiger partial charge in [-0.3, -0.25) is 0 Å². The number of aliphatic carboxylic acids is 1. The van der Waals surface area contributed by atoms with Crippen LogP contribution < -0.4 is 0 Å². The number of aromatic nitrogens is 3. The number of alkyl halides is 1. The third-order valence-corrected chi connectivity index (χ3v) is 10.4.